The van der Waals surface area contributed by atoms with E-state index in [0.717, 1.165) is 25.2 Å². The molecule has 0 spiro atoms. The summed E-state index contributed by atoms with van der Waals surface area (Å²) in [7, 11) is -2.03. The summed E-state index contributed by atoms with van der Waals surface area (Å²) in [4.78, 5) is 15.4. The van der Waals surface area contributed by atoms with Gasteiger partial charge in [0.25, 0.3) is 0 Å². The summed E-state index contributed by atoms with van der Waals surface area (Å²) in [5.74, 6) is 0.378. The number of anilines is 2. The molecule has 166 valence electrons. The zero-order valence-corrected chi connectivity index (χ0v) is 18.8. The van der Waals surface area contributed by atoms with Gasteiger partial charge >= 0.3 is 0 Å². The smallest absolute Gasteiger partial charge is 0.243 e. The molecule has 2 heterocycles. The average Bonchev–Trinajstić information content (AvgIpc) is 3.21. The normalized spacial score (nSPS) is 17.4. The number of nitrogens with one attached hydrogen (secondary N) is 1. The molecule has 0 radical (unpaired) electrons. The summed E-state index contributed by atoms with van der Waals surface area (Å²) in [6.45, 7) is 4.77. The number of amides is 1. The van der Waals surface area contributed by atoms with Gasteiger partial charge in [0.2, 0.25) is 15.9 Å². The molecule has 8 heteroatoms. The highest BCUT2D eigenvalue weighted by molar-refractivity contribution is 7.89. The minimum atomic E-state index is -3.57. The van der Waals surface area contributed by atoms with E-state index in [9.17, 15) is 13.2 Å². The zero-order chi connectivity index (χ0) is 22.0. The van der Waals surface area contributed by atoms with E-state index in [4.69, 9.17) is 4.74 Å². The van der Waals surface area contributed by atoms with Crippen LogP contribution in [0, 0.1) is 5.92 Å². The number of benzene rings is 2. The summed E-state index contributed by atoms with van der Waals surface area (Å²) in [5, 5.41) is 3.04. The van der Waals surface area contributed by atoms with Gasteiger partial charge < -0.3 is 15.0 Å². The molecular weight excluding hydrogens is 414 g/mol. The van der Waals surface area contributed by atoms with Crippen LogP contribution in [0.1, 0.15) is 25.3 Å². The van der Waals surface area contributed by atoms with Crippen LogP contribution in [0.15, 0.2) is 47.4 Å². The lowest BCUT2D eigenvalue weighted by molar-refractivity contribution is -0.120. The number of ether oxygens (including phenoxy) is 1. The number of methoxy groups -OCH3 is 1. The Morgan fingerprint density at radius 2 is 1.81 bits per heavy atom. The first-order valence-corrected chi connectivity index (χ1v) is 12.2. The molecule has 0 atom stereocenters. The molecular formula is C23H29N3O4S. The Morgan fingerprint density at radius 3 is 2.45 bits per heavy atom. The molecule has 1 amide bonds. The van der Waals surface area contributed by atoms with Crippen molar-refractivity contribution in [2.45, 2.75) is 31.1 Å². The predicted octanol–water partition coefficient (Wildman–Crippen LogP) is 3.12. The number of carbonyl (C=O) groups is 1. The fourth-order valence-electron chi connectivity index (χ4n) is 4.35. The number of hydrogen-bond acceptors (Lipinski definition) is 5. The molecule has 7 nitrogen and oxygen atoms in total. The molecule has 31 heavy (non-hydrogen) atoms. The Kier molecular flexibility index (Phi) is 6.20. The fourth-order valence-corrected chi connectivity index (χ4v) is 5.82. The Bertz CT molecular complexity index is 1040. The average molecular weight is 444 g/mol. The molecule has 0 aliphatic carbocycles. The molecule has 1 N–H and O–H groups in total. The van der Waals surface area contributed by atoms with Crippen molar-refractivity contribution in [2.24, 2.45) is 5.92 Å². The highest BCUT2D eigenvalue weighted by atomic mass is 32.2. The summed E-state index contributed by atoms with van der Waals surface area (Å²) in [6.07, 6.45) is 2.05. The summed E-state index contributed by atoms with van der Waals surface area (Å²) in [5.41, 5.74) is 3.31. The lowest BCUT2D eigenvalue weighted by Crippen LogP contribution is -2.41. The number of carbonyl (C=O) groups excluding carboxylic acids is 1. The van der Waals surface area contributed by atoms with Crippen LogP contribution in [0.4, 0.5) is 11.4 Å². The molecule has 2 aliphatic rings. The van der Waals surface area contributed by atoms with Crippen molar-refractivity contribution >= 4 is 27.3 Å². The van der Waals surface area contributed by atoms with E-state index in [1.165, 1.54) is 15.6 Å². The van der Waals surface area contributed by atoms with Gasteiger partial charge in [0.1, 0.15) is 5.75 Å². The van der Waals surface area contributed by atoms with Gasteiger partial charge in [-0.1, -0.05) is 6.07 Å². The van der Waals surface area contributed by atoms with Crippen molar-refractivity contribution in [1.29, 1.82) is 0 Å². The van der Waals surface area contributed by atoms with E-state index in [1.807, 2.05) is 12.1 Å². The van der Waals surface area contributed by atoms with E-state index in [1.54, 1.807) is 31.4 Å². The van der Waals surface area contributed by atoms with Gasteiger partial charge in [0.05, 0.1) is 12.0 Å². The number of sulfonamides is 1. The Hall–Kier alpha value is -2.58. The summed E-state index contributed by atoms with van der Waals surface area (Å²) < 4.78 is 32.4. The second-order valence-electron chi connectivity index (χ2n) is 8.02. The molecule has 1 fully saturated rings. The maximum atomic E-state index is 12.9. The molecule has 2 aliphatic heterocycles. The highest BCUT2D eigenvalue weighted by Gasteiger charge is 2.32. The van der Waals surface area contributed by atoms with Crippen LogP contribution in [0.5, 0.6) is 5.75 Å². The Morgan fingerprint density at radius 1 is 1.10 bits per heavy atom. The molecule has 2 aromatic carbocycles. The number of hydrogen-bond donors (Lipinski definition) is 1. The first-order chi connectivity index (χ1) is 14.9. The summed E-state index contributed by atoms with van der Waals surface area (Å²) >= 11 is 0. The van der Waals surface area contributed by atoms with Crippen molar-refractivity contribution in [3.63, 3.8) is 0 Å². The number of piperidine rings is 1. The van der Waals surface area contributed by atoms with E-state index >= 15 is 0 Å². The maximum Gasteiger partial charge on any atom is 0.243 e. The van der Waals surface area contributed by atoms with Crippen molar-refractivity contribution in [2.75, 3.05) is 43.5 Å². The van der Waals surface area contributed by atoms with Crippen LogP contribution >= 0.6 is 0 Å². The SMILES string of the molecule is CCN1CCc2ccc(NC(=O)C3CCN(S(=O)(=O)c4ccc(OC)cc4)CC3)cc21. The molecule has 0 unspecified atom stereocenters. The number of nitrogens with zero attached hydrogens (tertiary/aromatic N) is 2. The fraction of sp³-hybridized carbons (Fsp3) is 0.435. The number of fused-ring (bicyclic) bond motifs is 1. The molecule has 4 rings (SSSR count). The minimum absolute atomic E-state index is 0.0394. The van der Waals surface area contributed by atoms with Crippen LogP contribution in [0.3, 0.4) is 0 Å². The third-order valence-corrected chi connectivity index (χ3v) is 8.16. The van der Waals surface area contributed by atoms with E-state index < -0.39 is 10.0 Å². The number of likely N-dealkylation sites (N-methyl/N-ethyl adjacent to an activating group) is 1. The molecule has 2 aromatic rings. The van der Waals surface area contributed by atoms with Gasteiger partial charge in [-0.2, -0.15) is 4.31 Å². The van der Waals surface area contributed by atoms with Crippen LogP contribution in [0.2, 0.25) is 0 Å². The largest absolute Gasteiger partial charge is 0.497 e. The quantitative estimate of drug-likeness (QED) is 0.742. The highest BCUT2D eigenvalue weighted by Crippen LogP contribution is 2.31. The van der Waals surface area contributed by atoms with Gasteiger partial charge in [-0.15, -0.1) is 0 Å². The van der Waals surface area contributed by atoms with E-state index in [2.05, 4.69) is 23.2 Å². The van der Waals surface area contributed by atoms with Crippen LogP contribution < -0.4 is 15.0 Å². The van der Waals surface area contributed by atoms with E-state index in [0.29, 0.717) is 31.7 Å². The first-order valence-electron chi connectivity index (χ1n) is 10.8. The third kappa shape index (κ3) is 4.41. The van der Waals surface area contributed by atoms with Crippen molar-refractivity contribution in [3.05, 3.63) is 48.0 Å². The molecule has 0 bridgehead atoms. The first kappa shape index (κ1) is 21.6. The van der Waals surface area contributed by atoms with Crippen LogP contribution in [-0.2, 0) is 21.2 Å². The maximum absolute atomic E-state index is 12.9. The van der Waals surface area contributed by atoms with Gasteiger partial charge in [-0.25, -0.2) is 8.42 Å². The Labute approximate surface area is 184 Å². The van der Waals surface area contributed by atoms with Crippen LogP contribution in [-0.4, -0.2) is 51.9 Å². The second-order valence-corrected chi connectivity index (χ2v) is 9.95. The van der Waals surface area contributed by atoms with Gasteiger partial charge in [0.15, 0.2) is 0 Å². The van der Waals surface area contributed by atoms with Crippen molar-refractivity contribution < 1.29 is 17.9 Å². The van der Waals surface area contributed by atoms with Crippen molar-refractivity contribution in [1.82, 2.24) is 4.31 Å². The van der Waals surface area contributed by atoms with Crippen molar-refractivity contribution in [3.8, 4) is 5.75 Å². The lowest BCUT2D eigenvalue weighted by atomic mass is 9.97. The van der Waals surface area contributed by atoms with Gasteiger partial charge in [0, 0.05) is 43.5 Å². The molecule has 1 saturated heterocycles. The minimum Gasteiger partial charge on any atom is -0.497 e. The van der Waals surface area contributed by atoms with Crippen LogP contribution in [0.25, 0.3) is 0 Å². The third-order valence-electron chi connectivity index (χ3n) is 6.25. The standard InChI is InChI=1S/C23H29N3O4S/c1-3-25-13-10-17-4-5-19(16-22(17)25)24-23(27)18-11-14-26(15-12-18)31(28,29)21-8-6-20(30-2)7-9-21/h4-9,16,18H,3,10-15H2,1-2H3,(H,24,27). The molecule has 0 aromatic heterocycles. The van der Waals surface area contributed by atoms with Gasteiger partial charge in [-0.05, 0) is 68.1 Å². The monoisotopic (exact) mass is 443 g/mol. The zero-order valence-electron chi connectivity index (χ0n) is 18.0. The number of rotatable bonds is 6. The lowest BCUT2D eigenvalue weighted by Gasteiger charge is -2.30. The van der Waals surface area contributed by atoms with E-state index in [-0.39, 0.29) is 16.7 Å². The molecule has 0 saturated carbocycles. The van der Waals surface area contributed by atoms with Gasteiger partial charge in [-0.3, -0.25) is 4.79 Å². The topological polar surface area (TPSA) is 79.0 Å². The predicted molar refractivity (Wildman–Crippen MR) is 121 cm³/mol. The summed E-state index contributed by atoms with van der Waals surface area (Å²) in [6, 6.07) is 12.5. The Balaban J connectivity index is 1.37. The second kappa shape index (κ2) is 8.88.